The molecule has 0 bridgehead atoms. The quantitative estimate of drug-likeness (QED) is 0.817. The smallest absolute Gasteiger partial charge is 0.254 e. The molecule has 0 aromatic heterocycles. The van der Waals surface area contributed by atoms with E-state index in [1.807, 2.05) is 6.07 Å². The third-order valence-electron chi connectivity index (χ3n) is 2.87. The molecule has 4 nitrogen and oxygen atoms in total. The van der Waals surface area contributed by atoms with Gasteiger partial charge in [0.15, 0.2) is 0 Å². The topological polar surface area (TPSA) is 49.4 Å². The fraction of sp³-hybridized carbons (Fsp3) is 0.333. The van der Waals surface area contributed by atoms with Gasteiger partial charge in [-0.25, -0.2) is 0 Å². The number of carbonyl (C=O) groups is 2. The minimum absolute atomic E-state index is 0.108. The van der Waals surface area contributed by atoms with E-state index in [2.05, 4.69) is 37.2 Å². The average molecular weight is 376 g/mol. The second kappa shape index (κ2) is 5.40. The maximum atomic E-state index is 12.4. The maximum Gasteiger partial charge on any atom is 0.254 e. The zero-order valence-corrected chi connectivity index (χ0v) is 12.9. The van der Waals surface area contributed by atoms with Gasteiger partial charge in [0.1, 0.15) is 6.04 Å². The molecule has 2 amide bonds. The predicted octanol–water partition coefficient (Wildman–Crippen LogP) is 2.17. The van der Waals surface area contributed by atoms with E-state index < -0.39 is 6.04 Å². The normalized spacial score (nSPS) is 19.6. The van der Waals surface area contributed by atoms with E-state index in [1.54, 1.807) is 24.0 Å². The third-order valence-corrected chi connectivity index (χ3v) is 3.78. The fourth-order valence-electron chi connectivity index (χ4n) is 1.90. The lowest BCUT2D eigenvalue weighted by Crippen LogP contribution is -2.55. The number of hydrogen-bond donors (Lipinski definition) is 1. The first-order chi connectivity index (χ1) is 8.49. The summed E-state index contributed by atoms with van der Waals surface area (Å²) in [5.74, 6) is -0.233. The summed E-state index contributed by atoms with van der Waals surface area (Å²) in [6.07, 6.45) is 0. The fourth-order valence-corrected chi connectivity index (χ4v) is 3.20. The molecule has 1 N–H and O–H groups in total. The molecule has 96 valence electrons. The van der Waals surface area contributed by atoms with Gasteiger partial charge in [0, 0.05) is 27.6 Å². The van der Waals surface area contributed by atoms with E-state index in [9.17, 15) is 9.59 Å². The number of hydrogen-bond acceptors (Lipinski definition) is 2. The summed E-state index contributed by atoms with van der Waals surface area (Å²) in [5.41, 5.74) is 0.567. The Bertz CT molecular complexity index is 485. The lowest BCUT2D eigenvalue weighted by atomic mass is 10.1. The molecule has 1 unspecified atom stereocenters. The number of halogens is 2. The minimum atomic E-state index is -0.427. The second-order valence-corrected chi connectivity index (χ2v) is 5.96. The van der Waals surface area contributed by atoms with Gasteiger partial charge in [0.2, 0.25) is 5.91 Å². The number of carbonyl (C=O) groups excluding carboxylic acids is 2. The first-order valence-electron chi connectivity index (χ1n) is 5.54. The van der Waals surface area contributed by atoms with Gasteiger partial charge in [0.05, 0.1) is 0 Å². The van der Waals surface area contributed by atoms with Crippen LogP contribution in [0.5, 0.6) is 0 Å². The van der Waals surface area contributed by atoms with Crippen molar-refractivity contribution >= 4 is 43.7 Å². The standard InChI is InChI=1S/C12H12Br2N2O2/c1-7-11(17)15-2-3-16(7)12(18)8-4-9(13)6-10(14)5-8/h4-7H,2-3H2,1H3,(H,15,17). The molecule has 1 aromatic rings. The Hall–Kier alpha value is -0.880. The number of piperazine rings is 1. The van der Waals surface area contributed by atoms with Crippen LogP contribution in [0.1, 0.15) is 17.3 Å². The van der Waals surface area contributed by atoms with Gasteiger partial charge in [-0.15, -0.1) is 0 Å². The lowest BCUT2D eigenvalue weighted by molar-refractivity contribution is -0.127. The Balaban J connectivity index is 2.27. The molecule has 1 atom stereocenters. The van der Waals surface area contributed by atoms with Crippen molar-refractivity contribution in [2.45, 2.75) is 13.0 Å². The average Bonchev–Trinajstić information content (AvgIpc) is 2.30. The molecule has 1 heterocycles. The van der Waals surface area contributed by atoms with Crippen LogP contribution in [-0.2, 0) is 4.79 Å². The molecular formula is C12H12Br2N2O2. The largest absolute Gasteiger partial charge is 0.353 e. The number of benzene rings is 1. The highest BCUT2D eigenvalue weighted by Crippen LogP contribution is 2.22. The summed E-state index contributed by atoms with van der Waals surface area (Å²) in [5, 5.41) is 2.74. The molecule has 1 aromatic carbocycles. The number of nitrogens with zero attached hydrogens (tertiary/aromatic N) is 1. The molecule has 2 rings (SSSR count). The second-order valence-electron chi connectivity index (χ2n) is 4.12. The van der Waals surface area contributed by atoms with Crippen molar-refractivity contribution < 1.29 is 9.59 Å². The van der Waals surface area contributed by atoms with Crippen molar-refractivity contribution in [1.82, 2.24) is 10.2 Å². The predicted molar refractivity (Wildman–Crippen MR) is 75.4 cm³/mol. The van der Waals surface area contributed by atoms with E-state index in [0.29, 0.717) is 18.7 Å². The van der Waals surface area contributed by atoms with Gasteiger partial charge in [-0.2, -0.15) is 0 Å². The molecular weight excluding hydrogens is 364 g/mol. The van der Waals surface area contributed by atoms with E-state index >= 15 is 0 Å². The molecule has 18 heavy (non-hydrogen) atoms. The molecule has 1 saturated heterocycles. The summed E-state index contributed by atoms with van der Waals surface area (Å²) in [7, 11) is 0. The van der Waals surface area contributed by atoms with Crippen LogP contribution in [0.4, 0.5) is 0 Å². The van der Waals surface area contributed by atoms with Crippen molar-refractivity contribution in [2.24, 2.45) is 0 Å². The van der Waals surface area contributed by atoms with Crippen molar-refractivity contribution in [1.29, 1.82) is 0 Å². The highest BCUT2D eigenvalue weighted by molar-refractivity contribution is 9.11. The lowest BCUT2D eigenvalue weighted by Gasteiger charge is -2.32. The van der Waals surface area contributed by atoms with Crippen molar-refractivity contribution in [3.05, 3.63) is 32.7 Å². The van der Waals surface area contributed by atoms with Gasteiger partial charge in [-0.05, 0) is 25.1 Å². The van der Waals surface area contributed by atoms with E-state index in [-0.39, 0.29) is 11.8 Å². The van der Waals surface area contributed by atoms with E-state index in [4.69, 9.17) is 0 Å². The Kier molecular flexibility index (Phi) is 4.07. The number of nitrogens with one attached hydrogen (secondary N) is 1. The summed E-state index contributed by atoms with van der Waals surface area (Å²) in [6.45, 7) is 2.78. The molecule has 6 heteroatoms. The zero-order chi connectivity index (χ0) is 13.3. The summed E-state index contributed by atoms with van der Waals surface area (Å²) in [4.78, 5) is 25.5. The van der Waals surface area contributed by atoms with Gasteiger partial charge >= 0.3 is 0 Å². The van der Waals surface area contributed by atoms with Gasteiger partial charge < -0.3 is 10.2 Å². The highest BCUT2D eigenvalue weighted by atomic mass is 79.9. The van der Waals surface area contributed by atoms with Crippen LogP contribution in [0.25, 0.3) is 0 Å². The first kappa shape index (κ1) is 13.5. The van der Waals surface area contributed by atoms with Crippen molar-refractivity contribution in [3.8, 4) is 0 Å². The molecule has 0 aliphatic carbocycles. The van der Waals surface area contributed by atoms with E-state index in [0.717, 1.165) is 8.95 Å². The highest BCUT2D eigenvalue weighted by Gasteiger charge is 2.29. The summed E-state index contributed by atoms with van der Waals surface area (Å²) < 4.78 is 1.66. The Morgan fingerprint density at radius 3 is 2.56 bits per heavy atom. The van der Waals surface area contributed by atoms with Crippen LogP contribution >= 0.6 is 31.9 Å². The van der Waals surface area contributed by atoms with Crippen LogP contribution in [0, 0.1) is 0 Å². The van der Waals surface area contributed by atoms with Crippen LogP contribution in [0.3, 0.4) is 0 Å². The minimum Gasteiger partial charge on any atom is -0.353 e. The molecule has 1 aliphatic heterocycles. The monoisotopic (exact) mass is 374 g/mol. The SMILES string of the molecule is CC1C(=O)NCCN1C(=O)c1cc(Br)cc(Br)c1. The summed E-state index contributed by atoms with van der Waals surface area (Å²) in [6, 6.07) is 4.95. The molecule has 0 saturated carbocycles. The van der Waals surface area contributed by atoms with Crippen molar-refractivity contribution in [2.75, 3.05) is 13.1 Å². The number of amides is 2. The van der Waals surface area contributed by atoms with Crippen LogP contribution in [-0.4, -0.2) is 35.8 Å². The maximum absolute atomic E-state index is 12.4. The number of rotatable bonds is 1. The summed E-state index contributed by atoms with van der Waals surface area (Å²) >= 11 is 6.70. The zero-order valence-electron chi connectivity index (χ0n) is 9.74. The van der Waals surface area contributed by atoms with Gasteiger partial charge in [-0.1, -0.05) is 31.9 Å². The molecule has 1 aliphatic rings. The molecule has 0 radical (unpaired) electrons. The first-order valence-corrected chi connectivity index (χ1v) is 7.12. The van der Waals surface area contributed by atoms with Gasteiger partial charge in [0.25, 0.3) is 5.91 Å². The van der Waals surface area contributed by atoms with Crippen LogP contribution in [0.15, 0.2) is 27.1 Å². The Labute approximate surface area is 122 Å². The molecule has 0 spiro atoms. The third kappa shape index (κ3) is 2.75. The Morgan fingerprint density at radius 2 is 1.94 bits per heavy atom. The van der Waals surface area contributed by atoms with Crippen LogP contribution < -0.4 is 5.32 Å². The van der Waals surface area contributed by atoms with E-state index in [1.165, 1.54) is 0 Å². The van der Waals surface area contributed by atoms with Crippen molar-refractivity contribution in [3.63, 3.8) is 0 Å². The van der Waals surface area contributed by atoms with Crippen LogP contribution in [0.2, 0.25) is 0 Å². The van der Waals surface area contributed by atoms with Gasteiger partial charge in [-0.3, -0.25) is 9.59 Å². The Morgan fingerprint density at radius 1 is 1.33 bits per heavy atom. The molecule has 1 fully saturated rings.